The summed E-state index contributed by atoms with van der Waals surface area (Å²) in [6.07, 6.45) is 40.3. The van der Waals surface area contributed by atoms with Crippen molar-refractivity contribution in [2.24, 2.45) is 22.4 Å². The van der Waals surface area contributed by atoms with E-state index < -0.39 is 105 Å². The first-order chi connectivity index (χ1) is 50.0. The number of phosphoric acid groups is 1. The van der Waals surface area contributed by atoms with Crippen molar-refractivity contribution in [3.8, 4) is 5.75 Å². The Hall–Kier alpha value is -5.30. The van der Waals surface area contributed by atoms with Crippen molar-refractivity contribution < 1.29 is 116 Å². The zero-order valence-corrected chi connectivity index (χ0v) is 67.8. The molecule has 0 bridgehead atoms. The molecule has 1 aliphatic heterocycles. The van der Waals surface area contributed by atoms with Crippen LogP contribution in [-0.2, 0) is 77.5 Å². The number of Topliss-reactive ketones (excluding diaryl/α,β-unsaturated/α-hetero) is 3. The van der Waals surface area contributed by atoms with Crippen LogP contribution in [-0.4, -0.2) is 132 Å². The Morgan fingerprint density at radius 2 is 0.981 bits per heavy atom. The van der Waals surface area contributed by atoms with Gasteiger partial charge in [0, 0.05) is 57.4 Å². The molecule has 0 radical (unpaired) electrons. The van der Waals surface area contributed by atoms with Gasteiger partial charge in [-0.2, -0.15) is 0 Å². The number of aliphatic carboxylic acids is 1. The average Bonchev–Trinajstić information content (AvgIpc) is 1.72. The fourth-order valence-electron chi connectivity index (χ4n) is 12.2. The molecule has 1 aliphatic rings. The van der Waals surface area contributed by atoms with Gasteiger partial charge in [-0.3, -0.25) is 57.5 Å². The first-order valence-corrected chi connectivity index (χ1v) is 41.2. The van der Waals surface area contributed by atoms with Crippen molar-refractivity contribution in [1.29, 1.82) is 0 Å². The molecule has 1 saturated heterocycles. The third-order valence-electron chi connectivity index (χ3n) is 18.3. The SMILES string of the molecule is CCCC(=O)CCCC(=O)CCCCCC1NC(=O)C(Cc2ccc(O)cc2)CC(=O)C(CC(=O)O)NC(=O)CNC(=O)C(CCCN=C(N)N)NC1=O.CCCCCCCCCCCCCCCCCC(=O)OC[C@H](COP(=O)([O-])OCC)OC(=O)CCCCCCCCCCCCCCCCC.[Na+]. The normalized spacial score (nSPS) is 16.6. The standard InChI is InChI=1S/C41H81O8P.C37H55N7O10.Na/c1-4-7-9-11-13-15-17-19-21-23-25-27-29-31-33-35-40(42)46-37-39(38-48-50(44,45)47-6-3)49-41(43)36-34-32-30-28-26-24-22-20-18-16-14-12-10-8-5-2;1-2-8-25(45)10-6-11-26(46)9-4-3-5-12-29-36(54)44-28(13-7-18-40-37(38)39)35(53)41-22-32(49)42-30(21-33(50)51)31(48)20-24(34(52)43-29)19-23-14-16-27(47)17-15-23;/h39H,4-38H2,1-3H3,(H,44,45);14-17,24,28-30,47H,2-13,18-22H2,1H3,(H,41,53)(H,42,49)(H,43,52)(H,44,54)(H,50,51)(H4,38,39,40);/q;;+1/p-1/t39-;;/m1../s1. The molecule has 10 N–H and O–H groups in total. The van der Waals surface area contributed by atoms with E-state index in [4.69, 9.17) is 25.5 Å². The van der Waals surface area contributed by atoms with Gasteiger partial charge in [-0.05, 0) is 82.4 Å². The third kappa shape index (κ3) is 57.5. The van der Waals surface area contributed by atoms with E-state index in [1.807, 2.05) is 6.92 Å². The molecule has 25 nitrogen and oxygen atoms in total. The molecule has 0 aromatic heterocycles. The number of carbonyl (C=O) groups is 10. The molecule has 105 heavy (non-hydrogen) atoms. The number of ether oxygens (including phenoxy) is 2. The fraction of sp³-hybridized carbons (Fsp3) is 0.782. The second-order valence-electron chi connectivity index (χ2n) is 27.9. The van der Waals surface area contributed by atoms with Gasteiger partial charge < -0.3 is 66.4 Å². The summed E-state index contributed by atoms with van der Waals surface area (Å²) < 4.78 is 32.2. The monoisotopic (exact) mass is 1510 g/mol. The molecule has 6 atom stereocenters. The van der Waals surface area contributed by atoms with E-state index in [0.717, 1.165) is 38.5 Å². The molecule has 4 amide bonds. The number of phenolic OH excluding ortho intramolecular Hbond substituents is 1. The number of rotatable bonds is 60. The number of nitrogens with one attached hydrogen (secondary N) is 4. The number of amides is 4. The van der Waals surface area contributed by atoms with Crippen LogP contribution >= 0.6 is 7.82 Å². The average molecular weight is 1510 g/mol. The van der Waals surface area contributed by atoms with Crippen molar-refractivity contribution in [1.82, 2.24) is 21.3 Å². The van der Waals surface area contributed by atoms with Crippen LogP contribution in [0.2, 0.25) is 0 Å². The van der Waals surface area contributed by atoms with Crippen LogP contribution in [0.4, 0.5) is 0 Å². The number of aromatic hydroxyl groups is 1. The van der Waals surface area contributed by atoms with E-state index in [1.165, 1.54) is 166 Å². The minimum Gasteiger partial charge on any atom is -0.756 e. The Morgan fingerprint density at radius 3 is 1.48 bits per heavy atom. The van der Waals surface area contributed by atoms with Gasteiger partial charge in [0.25, 0.3) is 7.82 Å². The number of unbranched alkanes of at least 4 members (excludes halogenated alkanes) is 30. The number of benzene rings is 1. The molecule has 0 spiro atoms. The van der Waals surface area contributed by atoms with Crippen LogP contribution in [0, 0.1) is 5.92 Å². The molecule has 1 aromatic carbocycles. The second kappa shape index (κ2) is 65.8. The Labute approximate surface area is 650 Å². The van der Waals surface area contributed by atoms with Crippen LogP contribution in [0.3, 0.4) is 0 Å². The maximum absolute atomic E-state index is 13.9. The zero-order chi connectivity index (χ0) is 76.9. The van der Waals surface area contributed by atoms with E-state index in [-0.39, 0.29) is 117 Å². The van der Waals surface area contributed by atoms with Gasteiger partial charge in [-0.1, -0.05) is 226 Å². The number of hydrogen-bond donors (Lipinski definition) is 8. The Balaban J connectivity index is 0.00000205. The largest absolute Gasteiger partial charge is 1.00 e. The van der Waals surface area contributed by atoms with Gasteiger partial charge in [0.15, 0.2) is 17.8 Å². The van der Waals surface area contributed by atoms with E-state index in [2.05, 4.69) is 44.6 Å². The molecule has 0 saturated carbocycles. The summed E-state index contributed by atoms with van der Waals surface area (Å²) >= 11 is 0. The van der Waals surface area contributed by atoms with Gasteiger partial charge in [-0.25, -0.2) is 0 Å². The zero-order valence-electron chi connectivity index (χ0n) is 64.9. The number of aliphatic imine (C=N–C) groups is 1. The number of phenols is 1. The van der Waals surface area contributed by atoms with E-state index >= 15 is 0 Å². The molecule has 596 valence electrons. The number of carboxylic acids is 1. The minimum absolute atomic E-state index is 0. The van der Waals surface area contributed by atoms with E-state index in [1.54, 1.807) is 19.1 Å². The molecule has 1 fully saturated rings. The smallest absolute Gasteiger partial charge is 0.756 e. The summed E-state index contributed by atoms with van der Waals surface area (Å²) in [7, 11) is -4.52. The third-order valence-corrected chi connectivity index (χ3v) is 19.3. The minimum atomic E-state index is -4.52. The molecule has 1 aromatic rings. The first-order valence-electron chi connectivity index (χ1n) is 39.8. The van der Waals surface area contributed by atoms with Crippen molar-refractivity contribution in [3.05, 3.63) is 29.8 Å². The predicted octanol–water partition coefficient (Wildman–Crippen LogP) is 10.2. The number of ketones is 3. The number of esters is 2. The molecule has 2 rings (SSSR count). The van der Waals surface area contributed by atoms with Crippen molar-refractivity contribution >= 4 is 72.7 Å². The molecular formula is C78H135N7NaO18P. The van der Waals surface area contributed by atoms with Crippen LogP contribution < -0.4 is 67.2 Å². The summed E-state index contributed by atoms with van der Waals surface area (Å²) in [6.45, 7) is 6.74. The molecule has 0 aliphatic carbocycles. The molecule has 5 unspecified atom stereocenters. The number of phosphoric ester groups is 1. The summed E-state index contributed by atoms with van der Waals surface area (Å²) in [6, 6.07) is 2.03. The number of guanidine groups is 1. The molecule has 1 heterocycles. The van der Waals surface area contributed by atoms with Gasteiger partial charge in [0.05, 0.1) is 32.2 Å². The van der Waals surface area contributed by atoms with E-state index in [0.29, 0.717) is 63.4 Å². The van der Waals surface area contributed by atoms with Gasteiger partial charge >= 0.3 is 47.5 Å². The number of hydrogen-bond acceptors (Lipinski definition) is 18. The maximum Gasteiger partial charge on any atom is 1.00 e. The molecular weight excluding hydrogens is 1380 g/mol. The van der Waals surface area contributed by atoms with Gasteiger partial charge in [0.2, 0.25) is 23.6 Å². The maximum atomic E-state index is 13.9. The Kier molecular flexibility index (Phi) is 62.4. The molecule has 27 heteroatoms. The van der Waals surface area contributed by atoms with Crippen LogP contribution in [0.25, 0.3) is 0 Å². The van der Waals surface area contributed by atoms with Gasteiger partial charge in [-0.15, -0.1) is 0 Å². The number of carbonyl (C=O) groups excluding carboxylic acids is 9. The summed E-state index contributed by atoms with van der Waals surface area (Å²) in [4.78, 5) is 144. The topological polar surface area (TPSA) is 401 Å². The Morgan fingerprint density at radius 1 is 0.533 bits per heavy atom. The predicted molar refractivity (Wildman–Crippen MR) is 403 cm³/mol. The first kappa shape index (κ1) is 99.7. The van der Waals surface area contributed by atoms with Crippen molar-refractivity contribution in [3.63, 3.8) is 0 Å². The number of nitrogens with zero attached hydrogens (tertiary/aromatic N) is 1. The van der Waals surface area contributed by atoms with Crippen molar-refractivity contribution in [2.75, 3.05) is 32.9 Å². The summed E-state index contributed by atoms with van der Waals surface area (Å²) in [5, 5.41) is 29.4. The summed E-state index contributed by atoms with van der Waals surface area (Å²) in [5.74, 6) is -7.09. The summed E-state index contributed by atoms with van der Waals surface area (Å²) in [5.41, 5.74) is 11.4. The number of carboxylic acid groups (broad SMARTS) is 1. The number of nitrogens with two attached hydrogens (primary N) is 2. The fourth-order valence-corrected chi connectivity index (χ4v) is 13.0. The van der Waals surface area contributed by atoms with Gasteiger partial charge in [0.1, 0.15) is 36.0 Å². The van der Waals surface area contributed by atoms with Crippen molar-refractivity contribution in [2.45, 2.75) is 354 Å². The van der Waals surface area contributed by atoms with Crippen LogP contribution in [0.1, 0.15) is 329 Å². The van der Waals surface area contributed by atoms with Crippen LogP contribution in [0.5, 0.6) is 5.75 Å². The van der Waals surface area contributed by atoms with Crippen LogP contribution in [0.15, 0.2) is 29.3 Å². The second-order valence-corrected chi connectivity index (χ2v) is 29.3. The quantitative estimate of drug-likeness (QED) is 0.00750. The Bertz CT molecular complexity index is 2630. The van der Waals surface area contributed by atoms with E-state index in [9.17, 15) is 67.6 Å².